The molecule has 7 heteroatoms. The average molecular weight is 551 g/mol. The molecule has 1 aromatic heterocycles. The number of hydrogen-bond acceptors (Lipinski definition) is 4. The molecule has 0 amide bonds. The lowest BCUT2D eigenvalue weighted by Gasteiger charge is -2.46. The van der Waals surface area contributed by atoms with E-state index in [9.17, 15) is 14.4 Å². The molecule has 1 fully saturated rings. The smallest absolute Gasteiger partial charge is 0.338 e. The minimum atomic E-state index is -2.70. The predicted octanol–water partition coefficient (Wildman–Crippen LogP) is 4.39. The number of aromatic nitrogens is 2. The highest BCUT2D eigenvalue weighted by Gasteiger charge is 2.51. The van der Waals surface area contributed by atoms with Crippen molar-refractivity contribution in [1.82, 2.24) is 9.13 Å². The van der Waals surface area contributed by atoms with Crippen molar-refractivity contribution >= 4 is 24.6 Å². The molecular weight excluding hydrogens is 516 g/mol. The van der Waals surface area contributed by atoms with Crippen LogP contribution in [0.1, 0.15) is 43.6 Å². The van der Waals surface area contributed by atoms with Crippen molar-refractivity contribution in [2.75, 3.05) is 6.61 Å². The lowest BCUT2D eigenvalue weighted by Crippen LogP contribution is -2.67. The van der Waals surface area contributed by atoms with E-state index in [1.165, 1.54) is 27.2 Å². The third kappa shape index (κ3) is 4.76. The van der Waals surface area contributed by atoms with E-state index in [4.69, 9.17) is 4.43 Å². The van der Waals surface area contributed by atoms with Crippen molar-refractivity contribution < 1.29 is 9.22 Å². The molecule has 1 aliphatic carbocycles. The van der Waals surface area contributed by atoms with Gasteiger partial charge in [0.15, 0.2) is 0 Å². The summed E-state index contributed by atoms with van der Waals surface area (Å²) in [4.78, 5) is 38.9. The highest BCUT2D eigenvalue weighted by atomic mass is 28.4. The summed E-state index contributed by atoms with van der Waals surface area (Å²) in [5.74, 6) is -0.592. The van der Waals surface area contributed by atoms with Gasteiger partial charge < -0.3 is 4.43 Å². The molecule has 6 nitrogen and oxygen atoms in total. The average Bonchev–Trinajstić information content (AvgIpc) is 2.96. The molecule has 1 aliphatic rings. The fraction of sp³-hybridized carbons (Fsp3) is 0.242. The van der Waals surface area contributed by atoms with Crippen LogP contribution in [0.15, 0.2) is 125 Å². The molecule has 0 bridgehead atoms. The van der Waals surface area contributed by atoms with Gasteiger partial charge in [-0.15, -0.1) is 0 Å². The zero-order valence-electron chi connectivity index (χ0n) is 23.1. The van der Waals surface area contributed by atoms with E-state index < -0.39 is 25.5 Å². The second-order valence-corrected chi connectivity index (χ2v) is 15.7. The maximum Gasteiger partial charge on any atom is 0.338 e. The van der Waals surface area contributed by atoms with Crippen LogP contribution in [0.4, 0.5) is 0 Å². The molecule has 2 atom stereocenters. The summed E-state index contributed by atoms with van der Waals surface area (Å²) in [6.07, 6.45) is 2.10. The minimum Gasteiger partial charge on any atom is -0.407 e. The topological polar surface area (TPSA) is 70.3 Å². The van der Waals surface area contributed by atoms with Crippen LogP contribution in [0.5, 0.6) is 0 Å². The summed E-state index contributed by atoms with van der Waals surface area (Å²) in [7, 11) is -2.70. The van der Waals surface area contributed by atoms with Crippen molar-refractivity contribution in [3.63, 3.8) is 0 Å². The molecule has 0 aliphatic heterocycles. The highest BCUT2D eigenvalue weighted by Crippen LogP contribution is 2.44. The molecule has 0 spiro atoms. The van der Waals surface area contributed by atoms with Crippen LogP contribution in [0.25, 0.3) is 0 Å². The molecule has 204 valence electrons. The van der Waals surface area contributed by atoms with Crippen LogP contribution in [0.3, 0.4) is 0 Å². The monoisotopic (exact) mass is 550 g/mol. The molecule has 0 N–H and O–H groups in total. The molecule has 1 saturated carbocycles. The van der Waals surface area contributed by atoms with Gasteiger partial charge in [-0.2, -0.15) is 4.57 Å². The molecule has 4 aromatic rings. The first-order valence-electron chi connectivity index (χ1n) is 13.5. The Bertz CT molecular complexity index is 1600. The second kappa shape index (κ2) is 10.8. The third-order valence-corrected chi connectivity index (χ3v) is 13.0. The summed E-state index contributed by atoms with van der Waals surface area (Å²) in [5.41, 5.74) is -0.161. The zero-order chi connectivity index (χ0) is 28.5. The lowest BCUT2D eigenvalue weighted by molar-refractivity contribution is 0.0945. The molecule has 0 unspecified atom stereocenters. The first-order valence-corrected chi connectivity index (χ1v) is 15.4. The second-order valence-electron chi connectivity index (χ2n) is 11.3. The summed E-state index contributed by atoms with van der Waals surface area (Å²) in [6, 6.07) is 30.2. The summed E-state index contributed by atoms with van der Waals surface area (Å²) >= 11 is 0. The van der Waals surface area contributed by atoms with Crippen molar-refractivity contribution in [3.8, 4) is 0 Å². The number of rotatable bonds is 7. The molecule has 0 radical (unpaired) electrons. The van der Waals surface area contributed by atoms with Crippen LogP contribution in [-0.4, -0.2) is 30.0 Å². The van der Waals surface area contributed by atoms with Crippen molar-refractivity contribution in [2.45, 2.75) is 38.3 Å². The van der Waals surface area contributed by atoms with Gasteiger partial charge >= 0.3 is 5.69 Å². The maximum atomic E-state index is 13.3. The minimum absolute atomic E-state index is 0.0451. The van der Waals surface area contributed by atoms with E-state index in [1.54, 1.807) is 30.3 Å². The van der Waals surface area contributed by atoms with E-state index in [0.29, 0.717) is 17.6 Å². The Balaban J connectivity index is 1.42. The molecule has 40 heavy (non-hydrogen) atoms. The van der Waals surface area contributed by atoms with Gasteiger partial charge in [0, 0.05) is 30.4 Å². The molecule has 0 saturated heterocycles. The summed E-state index contributed by atoms with van der Waals surface area (Å²) in [6.45, 7) is 11.5. The number of carbonyl (C=O) groups is 1. The maximum absolute atomic E-state index is 13.3. The van der Waals surface area contributed by atoms with Crippen LogP contribution < -0.4 is 21.6 Å². The van der Waals surface area contributed by atoms with Crippen molar-refractivity contribution in [1.29, 1.82) is 0 Å². The first kappa shape index (κ1) is 27.5. The van der Waals surface area contributed by atoms with Gasteiger partial charge in [-0.25, -0.2) is 4.79 Å². The lowest BCUT2D eigenvalue weighted by atomic mass is 9.76. The van der Waals surface area contributed by atoms with E-state index in [2.05, 4.69) is 75.9 Å². The van der Waals surface area contributed by atoms with Crippen LogP contribution in [-0.2, 0) is 4.43 Å². The SMILES string of the molecule is C=C1[C@H](CO[Si](c2ccccc2)(c2ccccc2)C(C)(C)C)C[C@@H]1n1ccc(=O)n(C(=O)c2ccccc2)c1=O. The van der Waals surface area contributed by atoms with Crippen LogP contribution in [0, 0.1) is 5.92 Å². The predicted molar refractivity (Wildman–Crippen MR) is 161 cm³/mol. The Morgan fingerprint density at radius 2 is 1.40 bits per heavy atom. The van der Waals surface area contributed by atoms with Gasteiger partial charge in [-0.3, -0.25) is 14.2 Å². The number of benzene rings is 3. The van der Waals surface area contributed by atoms with Gasteiger partial charge in [0.1, 0.15) is 0 Å². The normalized spacial score (nSPS) is 17.3. The Hall–Kier alpha value is -4.07. The van der Waals surface area contributed by atoms with E-state index in [0.717, 1.165) is 5.57 Å². The van der Waals surface area contributed by atoms with E-state index >= 15 is 0 Å². The summed E-state index contributed by atoms with van der Waals surface area (Å²) < 4.78 is 9.23. The number of carbonyl (C=O) groups excluding carboxylic acids is 1. The van der Waals surface area contributed by atoms with E-state index in [-0.39, 0.29) is 22.6 Å². The number of nitrogens with zero attached hydrogens (tertiary/aromatic N) is 2. The zero-order valence-corrected chi connectivity index (χ0v) is 24.1. The van der Waals surface area contributed by atoms with E-state index in [1.807, 2.05) is 12.1 Å². The standard InChI is InChI=1S/C33H34N2O4Si/c1-24-26(22-29(24)34-21-20-30(36)35(32(34)38)31(37)25-14-8-5-9-15-25)23-39-40(33(2,3)4,27-16-10-6-11-17-27)28-18-12-7-13-19-28/h5-21,26,29H,1,22-23H2,2-4H3/t26-,29-/m0/s1. The van der Waals surface area contributed by atoms with Crippen LogP contribution >= 0.6 is 0 Å². The fourth-order valence-corrected chi connectivity index (χ4v) is 10.4. The largest absolute Gasteiger partial charge is 0.407 e. The van der Waals surface area contributed by atoms with Gasteiger partial charge in [0.2, 0.25) is 0 Å². The molecule has 1 heterocycles. The quantitative estimate of drug-likeness (QED) is 0.253. The number of hydrogen-bond donors (Lipinski definition) is 0. The Morgan fingerprint density at radius 1 is 0.875 bits per heavy atom. The third-order valence-electron chi connectivity index (χ3n) is 7.95. The van der Waals surface area contributed by atoms with Crippen molar-refractivity contribution in [2.24, 2.45) is 5.92 Å². The highest BCUT2D eigenvalue weighted by molar-refractivity contribution is 6.99. The summed E-state index contributed by atoms with van der Waals surface area (Å²) in [5, 5.41) is 2.26. The fourth-order valence-electron chi connectivity index (χ4n) is 5.76. The Labute approximate surface area is 235 Å². The van der Waals surface area contributed by atoms with Gasteiger partial charge in [0.05, 0.1) is 6.04 Å². The molecule has 3 aromatic carbocycles. The van der Waals surface area contributed by atoms with Gasteiger partial charge in [-0.1, -0.05) is 106 Å². The first-order chi connectivity index (χ1) is 19.1. The Morgan fingerprint density at radius 3 is 1.90 bits per heavy atom. The molecule has 5 rings (SSSR count). The molecular formula is C33H34N2O4Si. The van der Waals surface area contributed by atoms with Gasteiger partial charge in [0.25, 0.3) is 19.8 Å². The van der Waals surface area contributed by atoms with Crippen molar-refractivity contribution in [3.05, 3.63) is 142 Å². The van der Waals surface area contributed by atoms with Crippen LogP contribution in [0.2, 0.25) is 5.04 Å². The Kier molecular flexibility index (Phi) is 7.44. The van der Waals surface area contributed by atoms with Gasteiger partial charge in [-0.05, 0) is 39.5 Å².